The maximum absolute atomic E-state index is 5.82. The normalized spacial score (nSPS) is 18.8. The van der Waals surface area contributed by atoms with Gasteiger partial charge in [0.1, 0.15) is 0 Å². The average molecular weight is 218 g/mol. The predicted octanol–water partition coefficient (Wildman–Crippen LogP) is 4.02. The van der Waals surface area contributed by atoms with Gasteiger partial charge in [-0.3, -0.25) is 0 Å². The third-order valence-corrected chi connectivity index (χ3v) is 2.61. The molecular weight excluding hydrogens is 202 g/mol. The van der Waals surface area contributed by atoms with Crippen molar-refractivity contribution in [2.24, 2.45) is 0 Å². The summed E-state index contributed by atoms with van der Waals surface area (Å²) in [5, 5.41) is 0.508. The molecule has 1 rings (SSSR count). The summed E-state index contributed by atoms with van der Waals surface area (Å²) in [5.41, 5.74) is 0. The molecule has 1 saturated carbocycles. The molecule has 0 N–H and O–H groups in total. The van der Waals surface area contributed by atoms with Gasteiger partial charge in [0.2, 0.25) is 0 Å². The van der Waals surface area contributed by atoms with Gasteiger partial charge in [0.15, 0.2) is 0 Å². The van der Waals surface area contributed by atoms with E-state index in [1.54, 1.807) is 0 Å². The Balaban J connectivity index is 0.000000218. The summed E-state index contributed by atoms with van der Waals surface area (Å²) in [4.78, 5) is 0. The lowest BCUT2D eigenvalue weighted by Crippen LogP contribution is -2.03. The predicted molar refractivity (Wildman–Crippen MR) is 54.2 cm³/mol. The summed E-state index contributed by atoms with van der Waals surface area (Å²) in [6, 6.07) is 0. The van der Waals surface area contributed by atoms with E-state index in [-0.39, 0.29) is 0 Å². The van der Waals surface area contributed by atoms with Crippen LogP contribution in [-0.2, 0) is 0 Å². The molecule has 0 radical (unpaired) electrons. The molecule has 11 heavy (non-hydrogen) atoms. The number of alkyl halides is 3. The number of hydrogen-bond acceptors (Lipinski definition) is 0. The Morgan fingerprint density at radius 2 is 1.36 bits per heavy atom. The second-order valence-corrected chi connectivity index (χ2v) is 3.99. The first-order chi connectivity index (χ1) is 5.31. The van der Waals surface area contributed by atoms with E-state index in [0.29, 0.717) is 17.1 Å². The quantitative estimate of drug-likeness (QED) is 0.582. The first kappa shape index (κ1) is 11.9. The monoisotopic (exact) mass is 216 g/mol. The van der Waals surface area contributed by atoms with E-state index < -0.39 is 0 Å². The van der Waals surface area contributed by atoms with Gasteiger partial charge in [-0.25, -0.2) is 0 Å². The second-order valence-electron chi connectivity index (χ2n) is 2.61. The van der Waals surface area contributed by atoms with Gasteiger partial charge in [-0.05, 0) is 12.8 Å². The molecule has 0 nitrogen and oxygen atoms in total. The molecule has 0 aliphatic heterocycles. The van der Waals surface area contributed by atoms with Crippen LogP contribution in [0.5, 0.6) is 0 Å². The highest BCUT2D eigenvalue weighted by molar-refractivity contribution is 6.25. The first-order valence-electron chi connectivity index (χ1n) is 4.07. The summed E-state index contributed by atoms with van der Waals surface area (Å²) in [5.74, 6) is 1.11. The second kappa shape index (κ2) is 8.96. The Morgan fingerprint density at radius 1 is 0.909 bits per heavy atom. The Kier molecular flexibility index (Phi) is 9.67. The zero-order chi connectivity index (χ0) is 8.53. The van der Waals surface area contributed by atoms with Crippen molar-refractivity contribution < 1.29 is 0 Å². The standard InChI is InChI=1S/C6H11Cl.C2H4Cl2/c7-6-4-2-1-3-5-6;3-1-2-4/h6H,1-5H2;1-2H2. The molecule has 0 atom stereocenters. The fraction of sp³-hybridized carbons (Fsp3) is 1.00. The van der Waals surface area contributed by atoms with Crippen LogP contribution in [0.25, 0.3) is 0 Å². The third-order valence-electron chi connectivity index (χ3n) is 1.61. The van der Waals surface area contributed by atoms with Gasteiger partial charge in [0.05, 0.1) is 0 Å². The van der Waals surface area contributed by atoms with Crippen molar-refractivity contribution >= 4 is 34.8 Å². The summed E-state index contributed by atoms with van der Waals surface area (Å²) < 4.78 is 0. The maximum Gasteiger partial charge on any atom is 0.0359 e. The minimum absolute atomic E-state index is 0.508. The highest BCUT2D eigenvalue weighted by Gasteiger charge is 2.08. The van der Waals surface area contributed by atoms with Gasteiger partial charge in [-0.15, -0.1) is 34.8 Å². The van der Waals surface area contributed by atoms with Crippen molar-refractivity contribution in [2.45, 2.75) is 37.5 Å². The Morgan fingerprint density at radius 3 is 1.55 bits per heavy atom. The van der Waals surface area contributed by atoms with Gasteiger partial charge in [-0.1, -0.05) is 19.3 Å². The molecule has 0 heterocycles. The zero-order valence-corrected chi connectivity index (χ0v) is 8.93. The number of rotatable bonds is 1. The molecule has 0 aromatic carbocycles. The zero-order valence-electron chi connectivity index (χ0n) is 6.66. The van der Waals surface area contributed by atoms with Gasteiger partial charge in [-0.2, -0.15) is 0 Å². The molecule has 1 aliphatic rings. The van der Waals surface area contributed by atoms with E-state index in [1.807, 2.05) is 0 Å². The largest absolute Gasteiger partial charge is 0.125 e. The molecule has 68 valence electrons. The number of hydrogen-bond donors (Lipinski definition) is 0. The summed E-state index contributed by atoms with van der Waals surface area (Å²) in [7, 11) is 0. The molecule has 1 fully saturated rings. The van der Waals surface area contributed by atoms with Crippen molar-refractivity contribution in [3.63, 3.8) is 0 Å². The van der Waals surface area contributed by atoms with Crippen LogP contribution in [0.15, 0.2) is 0 Å². The van der Waals surface area contributed by atoms with Crippen molar-refractivity contribution in [3.8, 4) is 0 Å². The van der Waals surface area contributed by atoms with E-state index in [0.717, 1.165) is 0 Å². The minimum Gasteiger partial charge on any atom is -0.125 e. The van der Waals surface area contributed by atoms with Crippen LogP contribution in [0.3, 0.4) is 0 Å². The van der Waals surface area contributed by atoms with Crippen LogP contribution in [0.1, 0.15) is 32.1 Å². The van der Waals surface area contributed by atoms with Crippen LogP contribution < -0.4 is 0 Å². The Hall–Kier alpha value is 0.870. The molecule has 0 unspecified atom stereocenters. The van der Waals surface area contributed by atoms with Crippen LogP contribution in [-0.4, -0.2) is 17.1 Å². The van der Waals surface area contributed by atoms with E-state index in [1.165, 1.54) is 32.1 Å². The Bertz CT molecular complexity index is 67.7. The average Bonchev–Trinajstić information content (AvgIpc) is 2.07. The van der Waals surface area contributed by atoms with Crippen molar-refractivity contribution in [2.75, 3.05) is 11.8 Å². The molecular formula is C8H15Cl3. The molecule has 0 bridgehead atoms. The summed E-state index contributed by atoms with van der Waals surface area (Å²) >= 11 is 15.9. The van der Waals surface area contributed by atoms with Crippen LogP contribution >= 0.6 is 34.8 Å². The lowest BCUT2D eigenvalue weighted by atomic mass is 10.0. The lowest BCUT2D eigenvalue weighted by Gasteiger charge is -2.13. The Labute approximate surface area is 84.2 Å². The van der Waals surface area contributed by atoms with Crippen molar-refractivity contribution in [1.29, 1.82) is 0 Å². The molecule has 0 amide bonds. The maximum atomic E-state index is 5.82. The van der Waals surface area contributed by atoms with Gasteiger partial charge in [0, 0.05) is 17.1 Å². The van der Waals surface area contributed by atoms with Crippen molar-refractivity contribution in [3.05, 3.63) is 0 Å². The van der Waals surface area contributed by atoms with Crippen LogP contribution in [0.2, 0.25) is 0 Å². The molecule has 1 aliphatic carbocycles. The highest BCUT2D eigenvalue weighted by atomic mass is 35.5. The van der Waals surface area contributed by atoms with Crippen molar-refractivity contribution in [1.82, 2.24) is 0 Å². The van der Waals surface area contributed by atoms with Crippen LogP contribution in [0.4, 0.5) is 0 Å². The van der Waals surface area contributed by atoms with Gasteiger partial charge >= 0.3 is 0 Å². The highest BCUT2D eigenvalue weighted by Crippen LogP contribution is 2.21. The number of halogens is 3. The van der Waals surface area contributed by atoms with Gasteiger partial charge in [0.25, 0.3) is 0 Å². The molecule has 0 spiro atoms. The summed E-state index contributed by atoms with van der Waals surface area (Å²) in [6.07, 6.45) is 6.62. The molecule has 0 aromatic rings. The smallest absolute Gasteiger partial charge is 0.0359 e. The van der Waals surface area contributed by atoms with E-state index in [2.05, 4.69) is 0 Å². The third kappa shape index (κ3) is 8.78. The fourth-order valence-electron chi connectivity index (χ4n) is 1.05. The first-order valence-corrected chi connectivity index (χ1v) is 5.57. The minimum atomic E-state index is 0.508. The molecule has 0 aromatic heterocycles. The summed E-state index contributed by atoms with van der Waals surface area (Å²) in [6.45, 7) is 0. The van der Waals surface area contributed by atoms with Gasteiger partial charge < -0.3 is 0 Å². The van der Waals surface area contributed by atoms with E-state index in [9.17, 15) is 0 Å². The SMILES string of the molecule is ClC1CCCCC1.ClCCCl. The fourth-order valence-corrected chi connectivity index (χ4v) is 1.36. The lowest BCUT2D eigenvalue weighted by molar-refractivity contribution is 0.511. The molecule has 0 saturated heterocycles. The van der Waals surface area contributed by atoms with E-state index >= 15 is 0 Å². The topological polar surface area (TPSA) is 0 Å². The van der Waals surface area contributed by atoms with Crippen LogP contribution in [0, 0.1) is 0 Å². The van der Waals surface area contributed by atoms with E-state index in [4.69, 9.17) is 34.8 Å². The molecule has 3 heteroatoms.